The lowest BCUT2D eigenvalue weighted by Gasteiger charge is -2.31. The van der Waals surface area contributed by atoms with Crippen molar-refractivity contribution in [2.45, 2.75) is 59.5 Å². The molecule has 0 bridgehead atoms. The summed E-state index contributed by atoms with van der Waals surface area (Å²) in [5.41, 5.74) is 2.25. The predicted octanol–water partition coefficient (Wildman–Crippen LogP) is 5.05. The number of aryl methyl sites for hydroxylation is 2. The van der Waals surface area contributed by atoms with Gasteiger partial charge < -0.3 is 4.74 Å². The Morgan fingerprint density at radius 3 is 2.42 bits per heavy atom. The van der Waals surface area contributed by atoms with Crippen LogP contribution in [0.4, 0.5) is 0 Å². The van der Waals surface area contributed by atoms with Gasteiger partial charge in [0.15, 0.2) is 0 Å². The molecule has 0 amide bonds. The molecular weight excluding hydrogens is 302 g/mol. The van der Waals surface area contributed by atoms with Gasteiger partial charge in [0.2, 0.25) is 5.88 Å². The number of ether oxygens (including phenoxy) is 1. The molecule has 0 unspecified atom stereocenters. The third-order valence-corrected chi connectivity index (χ3v) is 4.90. The highest BCUT2D eigenvalue weighted by molar-refractivity contribution is 9.10. The molecule has 2 nitrogen and oxygen atoms in total. The van der Waals surface area contributed by atoms with Gasteiger partial charge in [-0.25, -0.2) is 4.98 Å². The lowest BCUT2D eigenvalue weighted by atomic mass is 9.80. The number of hydrogen-bond donors (Lipinski definition) is 0. The number of halogens is 1. The van der Waals surface area contributed by atoms with E-state index in [4.69, 9.17) is 4.74 Å². The average Bonchev–Trinajstić information content (AvgIpc) is 2.36. The normalized spacial score (nSPS) is 23.7. The van der Waals surface area contributed by atoms with Gasteiger partial charge in [0.25, 0.3) is 0 Å². The number of pyridine rings is 1. The highest BCUT2D eigenvalue weighted by atomic mass is 79.9. The largest absolute Gasteiger partial charge is 0.474 e. The van der Waals surface area contributed by atoms with E-state index in [1.54, 1.807) is 0 Å². The Kier molecular flexibility index (Phi) is 4.88. The highest BCUT2D eigenvalue weighted by Crippen LogP contribution is 2.33. The third kappa shape index (κ3) is 3.71. The van der Waals surface area contributed by atoms with Crippen molar-refractivity contribution in [3.8, 4) is 5.88 Å². The quantitative estimate of drug-likeness (QED) is 0.775. The maximum atomic E-state index is 6.09. The summed E-state index contributed by atoms with van der Waals surface area (Å²) in [6, 6.07) is 2.09. The molecule has 1 aliphatic carbocycles. The molecule has 0 saturated heterocycles. The van der Waals surface area contributed by atoms with Crippen LogP contribution in [0.3, 0.4) is 0 Å². The first-order valence-electron chi connectivity index (χ1n) is 7.27. The topological polar surface area (TPSA) is 22.1 Å². The summed E-state index contributed by atoms with van der Waals surface area (Å²) in [7, 11) is 0. The Morgan fingerprint density at radius 1 is 1.21 bits per heavy atom. The fourth-order valence-electron chi connectivity index (χ4n) is 2.76. The molecule has 19 heavy (non-hydrogen) atoms. The van der Waals surface area contributed by atoms with E-state index in [2.05, 4.69) is 47.8 Å². The van der Waals surface area contributed by atoms with Gasteiger partial charge in [0.05, 0.1) is 4.47 Å². The Hall–Kier alpha value is -0.570. The van der Waals surface area contributed by atoms with E-state index in [1.807, 2.05) is 6.92 Å². The zero-order valence-corrected chi connectivity index (χ0v) is 14.0. The summed E-state index contributed by atoms with van der Waals surface area (Å²) in [5, 5.41) is 0. The Morgan fingerprint density at radius 2 is 1.84 bits per heavy atom. The van der Waals surface area contributed by atoms with Crippen LogP contribution < -0.4 is 4.74 Å². The summed E-state index contributed by atoms with van der Waals surface area (Å²) in [5.74, 6) is 2.43. The summed E-state index contributed by atoms with van der Waals surface area (Å²) in [6.07, 6.45) is 5.21. The summed E-state index contributed by atoms with van der Waals surface area (Å²) in [6.45, 7) is 8.76. The van der Waals surface area contributed by atoms with E-state index in [0.29, 0.717) is 6.10 Å². The van der Waals surface area contributed by atoms with Crippen LogP contribution in [0.1, 0.15) is 50.8 Å². The van der Waals surface area contributed by atoms with Gasteiger partial charge in [-0.15, -0.1) is 0 Å². The average molecular weight is 326 g/mol. The van der Waals surface area contributed by atoms with Gasteiger partial charge in [0, 0.05) is 5.69 Å². The molecule has 3 heteroatoms. The molecule has 1 aromatic rings. The lowest BCUT2D eigenvalue weighted by molar-refractivity contribution is 0.111. The van der Waals surface area contributed by atoms with Crippen molar-refractivity contribution in [1.82, 2.24) is 4.98 Å². The van der Waals surface area contributed by atoms with Gasteiger partial charge in [-0.2, -0.15) is 0 Å². The third-order valence-electron chi connectivity index (χ3n) is 4.33. The van der Waals surface area contributed by atoms with E-state index in [0.717, 1.165) is 40.7 Å². The summed E-state index contributed by atoms with van der Waals surface area (Å²) < 4.78 is 7.07. The zero-order chi connectivity index (χ0) is 14.0. The Labute approximate surface area is 125 Å². The number of nitrogens with zero attached hydrogens (tertiary/aromatic N) is 1. The van der Waals surface area contributed by atoms with Crippen molar-refractivity contribution in [3.63, 3.8) is 0 Å². The molecule has 1 saturated carbocycles. The number of aromatic nitrogens is 1. The monoisotopic (exact) mass is 325 g/mol. The Balaban J connectivity index is 1.98. The van der Waals surface area contributed by atoms with Crippen LogP contribution >= 0.6 is 15.9 Å². The van der Waals surface area contributed by atoms with E-state index in [1.165, 1.54) is 18.4 Å². The molecule has 1 heterocycles. The van der Waals surface area contributed by atoms with Crippen LogP contribution in [0.15, 0.2) is 10.5 Å². The molecule has 0 radical (unpaired) electrons. The van der Waals surface area contributed by atoms with Crippen LogP contribution in [0.25, 0.3) is 0 Å². The first kappa shape index (κ1) is 14.8. The first-order chi connectivity index (χ1) is 8.97. The second-order valence-electron chi connectivity index (χ2n) is 6.08. The van der Waals surface area contributed by atoms with Crippen molar-refractivity contribution in [1.29, 1.82) is 0 Å². The lowest BCUT2D eigenvalue weighted by Crippen LogP contribution is -2.26. The van der Waals surface area contributed by atoms with Crippen molar-refractivity contribution in [2.75, 3.05) is 0 Å². The predicted molar refractivity (Wildman–Crippen MR) is 82.6 cm³/mol. The molecule has 1 aromatic heterocycles. The molecule has 2 rings (SSSR count). The minimum Gasteiger partial charge on any atom is -0.474 e. The van der Waals surface area contributed by atoms with E-state index in [9.17, 15) is 0 Å². The smallest absolute Gasteiger partial charge is 0.228 e. The van der Waals surface area contributed by atoms with Crippen LogP contribution in [0, 0.1) is 25.7 Å². The second kappa shape index (κ2) is 6.25. The highest BCUT2D eigenvalue weighted by Gasteiger charge is 2.25. The Bertz CT molecular complexity index is 437. The first-order valence-corrected chi connectivity index (χ1v) is 8.07. The fourth-order valence-corrected chi connectivity index (χ4v) is 3.29. The van der Waals surface area contributed by atoms with Crippen molar-refractivity contribution < 1.29 is 4.74 Å². The van der Waals surface area contributed by atoms with Crippen molar-refractivity contribution >= 4 is 15.9 Å². The van der Waals surface area contributed by atoms with Crippen molar-refractivity contribution in [2.24, 2.45) is 11.8 Å². The fraction of sp³-hybridized carbons (Fsp3) is 0.688. The van der Waals surface area contributed by atoms with E-state index >= 15 is 0 Å². The van der Waals surface area contributed by atoms with Gasteiger partial charge in [-0.3, -0.25) is 0 Å². The van der Waals surface area contributed by atoms with Gasteiger partial charge in [-0.05, 0) is 78.9 Å². The zero-order valence-electron chi connectivity index (χ0n) is 12.4. The van der Waals surface area contributed by atoms with Gasteiger partial charge in [-0.1, -0.05) is 13.8 Å². The maximum absolute atomic E-state index is 6.09. The molecule has 1 fully saturated rings. The molecule has 0 atom stereocenters. The van der Waals surface area contributed by atoms with Crippen LogP contribution in [0.2, 0.25) is 0 Å². The standard InChI is InChI=1S/C16H24BrNO/c1-10(2)13-5-7-14(8-6-13)19-16-15(17)9-11(3)12(4)18-16/h9-10,13-14H,5-8H2,1-4H3/t13-,14-. The summed E-state index contributed by atoms with van der Waals surface area (Å²) in [4.78, 5) is 4.55. The van der Waals surface area contributed by atoms with E-state index < -0.39 is 0 Å². The minimum atomic E-state index is 0.334. The molecule has 0 N–H and O–H groups in total. The maximum Gasteiger partial charge on any atom is 0.228 e. The van der Waals surface area contributed by atoms with Crippen LogP contribution in [0.5, 0.6) is 5.88 Å². The number of hydrogen-bond acceptors (Lipinski definition) is 2. The van der Waals surface area contributed by atoms with Gasteiger partial charge >= 0.3 is 0 Å². The minimum absolute atomic E-state index is 0.334. The van der Waals surface area contributed by atoms with Crippen LogP contribution in [-0.2, 0) is 0 Å². The molecular formula is C16H24BrNO. The van der Waals surface area contributed by atoms with Crippen molar-refractivity contribution in [3.05, 3.63) is 21.8 Å². The molecule has 106 valence electrons. The summed E-state index contributed by atoms with van der Waals surface area (Å²) >= 11 is 3.56. The SMILES string of the molecule is Cc1cc(Br)c(O[C@H]2CC[C@H](C(C)C)CC2)nc1C. The van der Waals surface area contributed by atoms with Gasteiger partial charge in [0.1, 0.15) is 6.10 Å². The molecule has 0 spiro atoms. The van der Waals surface area contributed by atoms with E-state index in [-0.39, 0.29) is 0 Å². The second-order valence-corrected chi connectivity index (χ2v) is 6.93. The molecule has 0 aromatic carbocycles. The number of rotatable bonds is 3. The van der Waals surface area contributed by atoms with Crippen LogP contribution in [-0.4, -0.2) is 11.1 Å². The molecule has 1 aliphatic rings. The molecule has 0 aliphatic heterocycles.